The zero-order valence-corrected chi connectivity index (χ0v) is 8.59. The molecule has 1 aromatic carbocycles. The van der Waals surface area contributed by atoms with E-state index in [1.165, 1.54) is 16.8 Å². The zero-order chi connectivity index (χ0) is 9.68. The van der Waals surface area contributed by atoms with Crippen LogP contribution in [0, 0.1) is 13.8 Å². The number of para-hydroxylation sites is 1. The minimum absolute atomic E-state index is 0.905. The predicted octanol–water partition coefficient (Wildman–Crippen LogP) is 3.29. The second-order valence-corrected chi connectivity index (χ2v) is 3.22. The average Bonchev–Trinajstić information content (AvgIpc) is 2.10. The minimum Gasteiger partial charge on any atom is -0.381 e. The maximum atomic E-state index is 3.40. The van der Waals surface area contributed by atoms with Crippen molar-refractivity contribution in [2.75, 3.05) is 11.9 Å². The summed E-state index contributed by atoms with van der Waals surface area (Å²) in [5, 5.41) is 3.40. The van der Waals surface area contributed by atoms with Crippen LogP contribution in [0.3, 0.4) is 0 Å². The highest BCUT2D eigenvalue weighted by Gasteiger charge is 1.98. The van der Waals surface area contributed by atoms with E-state index >= 15 is 0 Å². The van der Waals surface area contributed by atoms with Crippen molar-refractivity contribution in [3.8, 4) is 0 Å². The first-order valence-electron chi connectivity index (χ1n) is 4.67. The molecule has 0 aliphatic carbocycles. The summed E-state index contributed by atoms with van der Waals surface area (Å²) in [5.41, 5.74) is 3.88. The summed E-state index contributed by atoms with van der Waals surface area (Å²) in [7, 11) is 0. The van der Waals surface area contributed by atoms with Crippen molar-refractivity contribution in [2.24, 2.45) is 0 Å². The van der Waals surface area contributed by atoms with Gasteiger partial charge in [-0.2, -0.15) is 0 Å². The summed E-state index contributed by atoms with van der Waals surface area (Å²) in [4.78, 5) is 0. The van der Waals surface area contributed by atoms with Gasteiger partial charge in [0.25, 0.3) is 0 Å². The number of anilines is 1. The lowest BCUT2D eigenvalue weighted by molar-refractivity contribution is 1.26. The summed E-state index contributed by atoms with van der Waals surface area (Å²) in [6.07, 6.45) is 4.17. The van der Waals surface area contributed by atoms with Gasteiger partial charge in [-0.3, -0.25) is 0 Å². The summed E-state index contributed by atoms with van der Waals surface area (Å²) in [6, 6.07) is 6.35. The van der Waals surface area contributed by atoms with Crippen LogP contribution in [0.25, 0.3) is 0 Å². The van der Waals surface area contributed by atoms with Crippen molar-refractivity contribution in [3.05, 3.63) is 41.5 Å². The predicted molar refractivity (Wildman–Crippen MR) is 59.2 cm³/mol. The number of allylic oxidation sites excluding steroid dienone is 1. The van der Waals surface area contributed by atoms with Crippen LogP contribution in [-0.4, -0.2) is 6.54 Å². The Kier molecular flexibility index (Phi) is 3.56. The van der Waals surface area contributed by atoms with Gasteiger partial charge in [0.2, 0.25) is 0 Å². The van der Waals surface area contributed by atoms with E-state index in [0.717, 1.165) is 6.54 Å². The number of hydrogen-bond donors (Lipinski definition) is 1. The lowest BCUT2D eigenvalue weighted by Gasteiger charge is -2.10. The molecule has 0 aromatic heterocycles. The van der Waals surface area contributed by atoms with Crippen LogP contribution in [0.4, 0.5) is 5.69 Å². The van der Waals surface area contributed by atoms with Gasteiger partial charge < -0.3 is 5.32 Å². The molecule has 0 aliphatic heterocycles. The molecule has 0 aliphatic rings. The summed E-state index contributed by atoms with van der Waals surface area (Å²) in [5.74, 6) is 0. The van der Waals surface area contributed by atoms with E-state index < -0.39 is 0 Å². The molecule has 0 saturated heterocycles. The molecule has 0 bridgehead atoms. The molecule has 1 N–H and O–H groups in total. The Morgan fingerprint density at radius 2 is 1.85 bits per heavy atom. The molecule has 0 saturated carbocycles. The molecule has 0 radical (unpaired) electrons. The zero-order valence-electron chi connectivity index (χ0n) is 8.59. The van der Waals surface area contributed by atoms with Gasteiger partial charge in [-0.25, -0.2) is 0 Å². The molecule has 0 amide bonds. The van der Waals surface area contributed by atoms with Gasteiger partial charge in [0.1, 0.15) is 0 Å². The van der Waals surface area contributed by atoms with Crippen LogP contribution in [0.1, 0.15) is 18.1 Å². The second kappa shape index (κ2) is 4.70. The quantitative estimate of drug-likeness (QED) is 0.695. The topological polar surface area (TPSA) is 12.0 Å². The molecule has 0 spiro atoms. The smallest absolute Gasteiger partial charge is 0.0402 e. The lowest BCUT2D eigenvalue weighted by Crippen LogP contribution is -2.01. The van der Waals surface area contributed by atoms with Crippen LogP contribution in [0.15, 0.2) is 30.4 Å². The van der Waals surface area contributed by atoms with Crippen molar-refractivity contribution in [1.29, 1.82) is 0 Å². The number of aryl methyl sites for hydroxylation is 2. The number of rotatable bonds is 3. The van der Waals surface area contributed by atoms with Crippen LogP contribution in [-0.2, 0) is 0 Å². The van der Waals surface area contributed by atoms with Gasteiger partial charge in [-0.15, -0.1) is 0 Å². The van der Waals surface area contributed by atoms with E-state index in [1.54, 1.807) is 0 Å². The summed E-state index contributed by atoms with van der Waals surface area (Å²) >= 11 is 0. The largest absolute Gasteiger partial charge is 0.381 e. The Bertz CT molecular complexity index is 280. The maximum Gasteiger partial charge on any atom is 0.0402 e. The third-order valence-corrected chi connectivity index (χ3v) is 2.11. The number of hydrogen-bond acceptors (Lipinski definition) is 1. The van der Waals surface area contributed by atoms with Crippen LogP contribution < -0.4 is 5.32 Å². The van der Waals surface area contributed by atoms with Crippen molar-refractivity contribution in [1.82, 2.24) is 0 Å². The van der Waals surface area contributed by atoms with E-state index in [0.29, 0.717) is 0 Å². The molecular formula is C12H17N. The summed E-state index contributed by atoms with van der Waals surface area (Å²) < 4.78 is 0. The van der Waals surface area contributed by atoms with E-state index in [1.807, 2.05) is 6.92 Å². The fourth-order valence-corrected chi connectivity index (χ4v) is 1.37. The standard InChI is InChI=1S/C12H17N/c1-4-5-9-13-12-10(2)7-6-8-11(12)3/h4-8,13H,9H2,1-3H3. The van der Waals surface area contributed by atoms with E-state index in [2.05, 4.69) is 49.5 Å². The molecule has 0 heterocycles. The monoisotopic (exact) mass is 175 g/mol. The first-order valence-corrected chi connectivity index (χ1v) is 4.67. The number of benzene rings is 1. The molecule has 0 atom stereocenters. The summed E-state index contributed by atoms with van der Waals surface area (Å²) in [6.45, 7) is 7.20. The minimum atomic E-state index is 0.905. The molecule has 13 heavy (non-hydrogen) atoms. The Morgan fingerprint density at radius 3 is 2.38 bits per heavy atom. The molecule has 70 valence electrons. The van der Waals surface area contributed by atoms with Gasteiger partial charge in [-0.05, 0) is 31.9 Å². The molecule has 1 heteroatoms. The molecule has 1 nitrogen and oxygen atoms in total. The van der Waals surface area contributed by atoms with Crippen LogP contribution >= 0.6 is 0 Å². The van der Waals surface area contributed by atoms with E-state index in [-0.39, 0.29) is 0 Å². The molecule has 1 aromatic rings. The highest BCUT2D eigenvalue weighted by molar-refractivity contribution is 5.56. The maximum absolute atomic E-state index is 3.40. The van der Waals surface area contributed by atoms with Crippen molar-refractivity contribution < 1.29 is 0 Å². The number of nitrogens with one attached hydrogen (secondary N) is 1. The third-order valence-electron chi connectivity index (χ3n) is 2.11. The van der Waals surface area contributed by atoms with E-state index in [4.69, 9.17) is 0 Å². The van der Waals surface area contributed by atoms with Gasteiger partial charge in [0.15, 0.2) is 0 Å². The second-order valence-electron chi connectivity index (χ2n) is 3.22. The van der Waals surface area contributed by atoms with Gasteiger partial charge in [0, 0.05) is 12.2 Å². The highest BCUT2D eigenvalue weighted by atomic mass is 14.9. The van der Waals surface area contributed by atoms with E-state index in [9.17, 15) is 0 Å². The molecule has 0 unspecified atom stereocenters. The molecular weight excluding hydrogens is 158 g/mol. The molecule has 0 fully saturated rings. The first-order chi connectivity index (χ1) is 6.25. The third kappa shape index (κ3) is 2.62. The van der Waals surface area contributed by atoms with Crippen LogP contribution in [0.5, 0.6) is 0 Å². The van der Waals surface area contributed by atoms with Gasteiger partial charge in [-0.1, -0.05) is 30.4 Å². The normalized spacial score (nSPS) is 10.7. The van der Waals surface area contributed by atoms with Crippen LogP contribution in [0.2, 0.25) is 0 Å². The first kappa shape index (κ1) is 9.85. The Morgan fingerprint density at radius 1 is 1.23 bits per heavy atom. The fourth-order valence-electron chi connectivity index (χ4n) is 1.37. The Labute approximate surface area is 80.5 Å². The fraction of sp³-hybridized carbons (Fsp3) is 0.333. The SMILES string of the molecule is CC=CCNc1c(C)cccc1C. The average molecular weight is 175 g/mol. The van der Waals surface area contributed by atoms with Crippen molar-refractivity contribution >= 4 is 5.69 Å². The van der Waals surface area contributed by atoms with Gasteiger partial charge in [0.05, 0.1) is 0 Å². The van der Waals surface area contributed by atoms with Crippen molar-refractivity contribution in [2.45, 2.75) is 20.8 Å². The molecule has 1 rings (SSSR count). The Balaban J connectivity index is 2.75. The Hall–Kier alpha value is -1.24. The van der Waals surface area contributed by atoms with Crippen molar-refractivity contribution in [3.63, 3.8) is 0 Å². The highest BCUT2D eigenvalue weighted by Crippen LogP contribution is 2.18. The van der Waals surface area contributed by atoms with Gasteiger partial charge >= 0.3 is 0 Å². The lowest BCUT2D eigenvalue weighted by atomic mass is 10.1.